The van der Waals surface area contributed by atoms with Crippen molar-refractivity contribution in [3.05, 3.63) is 44.8 Å². The zero-order valence-electron chi connectivity index (χ0n) is 11.5. The second-order valence-electron chi connectivity index (χ2n) is 4.33. The first kappa shape index (κ1) is 15.5. The number of nitrogens with one attached hydrogen (secondary N) is 1. The Morgan fingerprint density at radius 2 is 2.00 bits per heavy atom. The number of hydrogen-bond donors (Lipinski definition) is 2. The molecular formula is C14H16N2O3S2. The fourth-order valence-electron chi connectivity index (χ4n) is 1.84. The molecule has 2 aromatic heterocycles. The molecule has 0 aliphatic carbocycles. The maximum absolute atomic E-state index is 12.3. The fraction of sp³-hybridized carbons (Fsp3) is 0.286. The van der Waals surface area contributed by atoms with Crippen LogP contribution in [0.2, 0.25) is 0 Å². The second kappa shape index (κ2) is 7.24. The summed E-state index contributed by atoms with van der Waals surface area (Å²) in [6.45, 7) is 2.87. The van der Waals surface area contributed by atoms with E-state index in [0.717, 1.165) is 4.88 Å². The molecule has 0 radical (unpaired) electrons. The molecule has 2 rings (SSSR count). The third kappa shape index (κ3) is 4.05. The van der Waals surface area contributed by atoms with Gasteiger partial charge >= 0.3 is 12.0 Å². The number of carboxylic acids is 1. The van der Waals surface area contributed by atoms with Crippen LogP contribution in [0.15, 0.2) is 35.0 Å². The Hall–Kier alpha value is -1.86. The van der Waals surface area contributed by atoms with Crippen LogP contribution in [-0.4, -0.2) is 28.6 Å². The molecule has 0 aliphatic heterocycles. The highest BCUT2D eigenvalue weighted by molar-refractivity contribution is 7.10. The third-order valence-electron chi connectivity index (χ3n) is 2.94. The van der Waals surface area contributed by atoms with Gasteiger partial charge in [0.15, 0.2) is 6.04 Å². The van der Waals surface area contributed by atoms with Gasteiger partial charge in [0.1, 0.15) is 0 Å². The number of carbonyl (C=O) groups excluding carboxylic acids is 1. The summed E-state index contributed by atoms with van der Waals surface area (Å²) in [6.07, 6.45) is 0. The van der Waals surface area contributed by atoms with Crippen molar-refractivity contribution in [3.8, 4) is 0 Å². The molecule has 0 aromatic carbocycles. The lowest BCUT2D eigenvalue weighted by Crippen LogP contribution is -2.43. The monoisotopic (exact) mass is 324 g/mol. The number of aliphatic carboxylic acids is 1. The summed E-state index contributed by atoms with van der Waals surface area (Å²) in [5.74, 6) is -1.06. The summed E-state index contributed by atoms with van der Waals surface area (Å²) in [5, 5.41) is 15.6. The van der Waals surface area contributed by atoms with Crippen molar-refractivity contribution in [3.63, 3.8) is 0 Å². The van der Waals surface area contributed by atoms with Crippen molar-refractivity contribution >= 4 is 34.7 Å². The lowest BCUT2D eigenvalue weighted by Gasteiger charge is -2.23. The Balaban J connectivity index is 2.05. The van der Waals surface area contributed by atoms with Crippen LogP contribution in [0.25, 0.3) is 0 Å². The van der Waals surface area contributed by atoms with Gasteiger partial charge in [-0.25, -0.2) is 9.59 Å². The first-order valence-corrected chi connectivity index (χ1v) is 8.21. The SMILES string of the molecule is CCN(Cc1cccs1)C(=O)NC(C(=O)O)c1cccs1. The van der Waals surface area contributed by atoms with E-state index in [1.807, 2.05) is 24.4 Å². The first-order valence-electron chi connectivity index (χ1n) is 6.45. The molecule has 0 bridgehead atoms. The molecule has 2 aromatic rings. The van der Waals surface area contributed by atoms with Crippen molar-refractivity contribution in [2.45, 2.75) is 19.5 Å². The minimum Gasteiger partial charge on any atom is -0.479 e. The Kier molecular flexibility index (Phi) is 5.35. The summed E-state index contributed by atoms with van der Waals surface area (Å²) in [5.41, 5.74) is 0. The minimum atomic E-state index is -1.06. The topological polar surface area (TPSA) is 69.6 Å². The molecule has 7 heteroatoms. The Labute approximate surface area is 130 Å². The van der Waals surface area contributed by atoms with E-state index in [4.69, 9.17) is 0 Å². The predicted molar refractivity (Wildman–Crippen MR) is 83.6 cm³/mol. The van der Waals surface area contributed by atoms with Gasteiger partial charge in [0, 0.05) is 16.3 Å². The molecule has 1 unspecified atom stereocenters. The van der Waals surface area contributed by atoms with Crippen LogP contribution in [0, 0.1) is 0 Å². The summed E-state index contributed by atoms with van der Waals surface area (Å²) in [4.78, 5) is 26.9. The van der Waals surface area contributed by atoms with Crippen molar-refractivity contribution in [2.75, 3.05) is 6.54 Å². The molecule has 2 amide bonds. The lowest BCUT2D eigenvalue weighted by molar-refractivity contribution is -0.139. The van der Waals surface area contributed by atoms with Crippen molar-refractivity contribution in [2.24, 2.45) is 0 Å². The van der Waals surface area contributed by atoms with E-state index < -0.39 is 12.0 Å². The van der Waals surface area contributed by atoms with Crippen LogP contribution < -0.4 is 5.32 Å². The Morgan fingerprint density at radius 3 is 2.52 bits per heavy atom. The standard InChI is InChI=1S/C14H16N2O3S2/c1-2-16(9-10-5-3-7-20-10)14(19)15-12(13(17)18)11-6-4-8-21-11/h3-8,12H,2,9H2,1H3,(H,15,19)(H,17,18). The molecule has 0 spiro atoms. The molecule has 21 heavy (non-hydrogen) atoms. The maximum Gasteiger partial charge on any atom is 0.331 e. The Bertz CT molecular complexity index is 581. The van der Waals surface area contributed by atoms with Gasteiger partial charge in [-0.1, -0.05) is 12.1 Å². The van der Waals surface area contributed by atoms with E-state index in [1.54, 1.807) is 33.7 Å². The van der Waals surface area contributed by atoms with Gasteiger partial charge in [-0.3, -0.25) is 0 Å². The largest absolute Gasteiger partial charge is 0.479 e. The number of nitrogens with zero attached hydrogens (tertiary/aromatic N) is 1. The number of carboxylic acid groups (broad SMARTS) is 1. The third-order valence-corrected chi connectivity index (χ3v) is 4.74. The summed E-state index contributed by atoms with van der Waals surface area (Å²) in [6, 6.07) is 5.98. The van der Waals surface area contributed by atoms with E-state index in [0.29, 0.717) is 18.0 Å². The van der Waals surface area contributed by atoms with Crippen molar-refractivity contribution in [1.82, 2.24) is 10.2 Å². The molecule has 1 atom stereocenters. The zero-order chi connectivity index (χ0) is 15.2. The van der Waals surface area contributed by atoms with Gasteiger partial charge < -0.3 is 15.3 Å². The lowest BCUT2D eigenvalue weighted by atomic mass is 10.2. The van der Waals surface area contributed by atoms with Crippen LogP contribution in [-0.2, 0) is 11.3 Å². The molecular weight excluding hydrogens is 308 g/mol. The number of hydrogen-bond acceptors (Lipinski definition) is 4. The van der Waals surface area contributed by atoms with Crippen LogP contribution >= 0.6 is 22.7 Å². The van der Waals surface area contributed by atoms with Gasteiger partial charge in [-0.15, -0.1) is 22.7 Å². The van der Waals surface area contributed by atoms with Gasteiger partial charge in [0.25, 0.3) is 0 Å². The summed E-state index contributed by atoms with van der Waals surface area (Å²) >= 11 is 2.89. The van der Waals surface area contributed by atoms with Crippen LogP contribution in [0.1, 0.15) is 22.7 Å². The Morgan fingerprint density at radius 1 is 1.29 bits per heavy atom. The molecule has 0 fully saturated rings. The second-order valence-corrected chi connectivity index (χ2v) is 6.34. The smallest absolute Gasteiger partial charge is 0.331 e. The fourth-order valence-corrected chi connectivity index (χ4v) is 3.33. The maximum atomic E-state index is 12.3. The molecule has 0 saturated carbocycles. The van der Waals surface area contributed by atoms with E-state index >= 15 is 0 Å². The van der Waals surface area contributed by atoms with Gasteiger partial charge in [0.05, 0.1) is 6.54 Å². The van der Waals surface area contributed by atoms with Gasteiger partial charge in [0.2, 0.25) is 0 Å². The molecule has 112 valence electrons. The van der Waals surface area contributed by atoms with E-state index in [1.165, 1.54) is 11.3 Å². The highest BCUT2D eigenvalue weighted by atomic mass is 32.1. The minimum absolute atomic E-state index is 0.369. The number of thiophene rings is 2. The first-order chi connectivity index (χ1) is 10.1. The van der Waals surface area contributed by atoms with Crippen LogP contribution in [0.3, 0.4) is 0 Å². The number of rotatable bonds is 6. The average molecular weight is 324 g/mol. The molecule has 2 heterocycles. The van der Waals surface area contributed by atoms with Crippen LogP contribution in [0.4, 0.5) is 4.79 Å². The van der Waals surface area contributed by atoms with Crippen molar-refractivity contribution < 1.29 is 14.7 Å². The quantitative estimate of drug-likeness (QED) is 0.857. The molecule has 5 nitrogen and oxygen atoms in total. The zero-order valence-corrected chi connectivity index (χ0v) is 13.1. The molecule has 0 aliphatic rings. The molecule has 0 saturated heterocycles. The molecule has 2 N–H and O–H groups in total. The summed E-state index contributed by atoms with van der Waals surface area (Å²) < 4.78 is 0. The van der Waals surface area contributed by atoms with Crippen molar-refractivity contribution in [1.29, 1.82) is 0 Å². The number of urea groups is 1. The van der Waals surface area contributed by atoms with Crippen LogP contribution in [0.5, 0.6) is 0 Å². The summed E-state index contributed by atoms with van der Waals surface area (Å²) in [7, 11) is 0. The predicted octanol–water partition coefficient (Wildman–Crippen LogP) is 3.17. The average Bonchev–Trinajstić information content (AvgIpc) is 3.14. The normalized spacial score (nSPS) is 11.9. The van der Waals surface area contributed by atoms with Gasteiger partial charge in [-0.05, 0) is 29.8 Å². The number of amides is 2. The van der Waals surface area contributed by atoms with E-state index in [2.05, 4.69) is 5.32 Å². The van der Waals surface area contributed by atoms with E-state index in [9.17, 15) is 14.7 Å². The highest BCUT2D eigenvalue weighted by Gasteiger charge is 2.25. The highest BCUT2D eigenvalue weighted by Crippen LogP contribution is 2.20. The van der Waals surface area contributed by atoms with Gasteiger partial charge in [-0.2, -0.15) is 0 Å². The number of carbonyl (C=O) groups is 2. The van der Waals surface area contributed by atoms with E-state index in [-0.39, 0.29) is 6.03 Å².